The van der Waals surface area contributed by atoms with Gasteiger partial charge in [0.1, 0.15) is 5.75 Å². The number of nitrogens with two attached hydrogens (primary N) is 1. The van der Waals surface area contributed by atoms with Crippen molar-refractivity contribution in [1.29, 1.82) is 0 Å². The lowest BCUT2D eigenvalue weighted by Gasteiger charge is -2.09. The molecule has 0 saturated carbocycles. The molecular weight excluding hydrogens is 268 g/mol. The first-order valence-electron chi connectivity index (χ1n) is 5.78. The van der Waals surface area contributed by atoms with Gasteiger partial charge in [0, 0.05) is 18.7 Å². The van der Waals surface area contributed by atoms with Gasteiger partial charge in [0.2, 0.25) is 5.91 Å². The van der Waals surface area contributed by atoms with E-state index in [9.17, 15) is 18.3 Å². The maximum atomic E-state index is 11.6. The normalized spacial score (nSPS) is 13.0. The van der Waals surface area contributed by atoms with Crippen LogP contribution < -0.4 is 11.1 Å². The van der Waals surface area contributed by atoms with Crippen LogP contribution in [0.3, 0.4) is 0 Å². The van der Waals surface area contributed by atoms with E-state index in [1.807, 2.05) is 0 Å². The van der Waals surface area contributed by atoms with Crippen LogP contribution in [-0.2, 0) is 14.6 Å². The fourth-order valence-electron chi connectivity index (χ4n) is 1.42. The molecule has 0 aliphatic carbocycles. The molecule has 1 aromatic carbocycles. The number of amides is 1. The highest BCUT2D eigenvalue weighted by atomic mass is 32.2. The summed E-state index contributed by atoms with van der Waals surface area (Å²) in [6.45, 7) is 1.79. The highest BCUT2D eigenvalue weighted by Crippen LogP contribution is 2.26. The Morgan fingerprint density at radius 1 is 1.47 bits per heavy atom. The molecule has 1 atom stereocenters. The number of aromatic hydroxyl groups is 1. The van der Waals surface area contributed by atoms with Crippen molar-refractivity contribution in [2.24, 2.45) is 5.73 Å². The van der Waals surface area contributed by atoms with Crippen LogP contribution in [0, 0.1) is 0 Å². The zero-order chi connectivity index (χ0) is 14.6. The minimum Gasteiger partial charge on any atom is -0.506 e. The van der Waals surface area contributed by atoms with Crippen LogP contribution in [0.25, 0.3) is 0 Å². The van der Waals surface area contributed by atoms with E-state index in [0.717, 1.165) is 6.26 Å². The summed E-state index contributed by atoms with van der Waals surface area (Å²) in [5.41, 5.74) is 5.62. The number of hydrogen-bond acceptors (Lipinski definition) is 5. The maximum Gasteiger partial charge on any atom is 0.224 e. The fourth-order valence-corrected chi connectivity index (χ4v) is 2.06. The van der Waals surface area contributed by atoms with E-state index >= 15 is 0 Å². The molecule has 0 heterocycles. The topological polar surface area (TPSA) is 109 Å². The molecule has 4 N–H and O–H groups in total. The lowest BCUT2D eigenvalue weighted by Crippen LogP contribution is -2.19. The molecule has 0 aliphatic heterocycles. The molecule has 0 fully saturated rings. The van der Waals surface area contributed by atoms with Crippen LogP contribution in [0.15, 0.2) is 23.1 Å². The van der Waals surface area contributed by atoms with E-state index in [-0.39, 0.29) is 34.7 Å². The van der Waals surface area contributed by atoms with Crippen LogP contribution in [0.4, 0.5) is 5.69 Å². The summed E-state index contributed by atoms with van der Waals surface area (Å²) in [5.74, 6) is -0.500. The van der Waals surface area contributed by atoms with Gasteiger partial charge in [0.25, 0.3) is 0 Å². The number of anilines is 1. The Labute approximate surface area is 112 Å². The summed E-state index contributed by atoms with van der Waals surface area (Å²) in [5, 5.41) is 12.1. The number of carbonyl (C=O) groups is 1. The Balaban J connectivity index is 2.86. The van der Waals surface area contributed by atoms with Gasteiger partial charge < -0.3 is 16.2 Å². The average Bonchev–Trinajstić information content (AvgIpc) is 2.28. The highest BCUT2D eigenvalue weighted by molar-refractivity contribution is 7.90. The number of sulfone groups is 1. The fraction of sp³-hybridized carbons (Fsp3) is 0.417. The minimum atomic E-state index is -3.39. The molecule has 19 heavy (non-hydrogen) atoms. The summed E-state index contributed by atoms with van der Waals surface area (Å²) < 4.78 is 22.8. The van der Waals surface area contributed by atoms with Gasteiger partial charge in [0.15, 0.2) is 9.84 Å². The van der Waals surface area contributed by atoms with Crippen molar-refractivity contribution in [2.75, 3.05) is 11.6 Å². The highest BCUT2D eigenvalue weighted by Gasteiger charge is 2.12. The van der Waals surface area contributed by atoms with E-state index in [1.165, 1.54) is 18.2 Å². The molecule has 0 aliphatic rings. The van der Waals surface area contributed by atoms with Gasteiger partial charge in [-0.3, -0.25) is 4.79 Å². The number of phenolic OH excluding ortho intramolecular Hbond substituents is 1. The summed E-state index contributed by atoms with van der Waals surface area (Å²) in [6.07, 6.45) is 1.78. The molecule has 0 aromatic heterocycles. The van der Waals surface area contributed by atoms with Crippen LogP contribution in [-0.4, -0.2) is 31.7 Å². The molecule has 6 nitrogen and oxygen atoms in total. The molecule has 0 bridgehead atoms. The molecule has 1 rings (SSSR count). The Morgan fingerprint density at radius 2 is 2.11 bits per heavy atom. The van der Waals surface area contributed by atoms with Gasteiger partial charge >= 0.3 is 0 Å². The van der Waals surface area contributed by atoms with Gasteiger partial charge in [-0.1, -0.05) is 0 Å². The van der Waals surface area contributed by atoms with Gasteiger partial charge in [-0.05, 0) is 31.5 Å². The molecule has 1 amide bonds. The molecule has 7 heteroatoms. The van der Waals surface area contributed by atoms with E-state index in [0.29, 0.717) is 6.42 Å². The first-order valence-corrected chi connectivity index (χ1v) is 7.68. The molecule has 1 aromatic rings. The predicted octanol–water partition coefficient (Wildman–Crippen LogP) is 0.862. The standard InChI is InChI=1S/C12H18N2O4S/c1-8(13)3-6-12(16)14-10-7-9(19(2,17)18)4-5-11(10)15/h4-5,7-8,15H,3,6,13H2,1-2H3,(H,14,16). The van der Waals surface area contributed by atoms with Crippen LogP contribution in [0.1, 0.15) is 19.8 Å². The lowest BCUT2D eigenvalue weighted by molar-refractivity contribution is -0.116. The van der Waals surface area contributed by atoms with Crippen LogP contribution in [0.2, 0.25) is 0 Å². The van der Waals surface area contributed by atoms with E-state index < -0.39 is 9.84 Å². The minimum absolute atomic E-state index is 0.0350. The second-order valence-corrected chi connectivity index (χ2v) is 6.53. The molecule has 1 unspecified atom stereocenters. The van der Waals surface area contributed by atoms with Crippen molar-refractivity contribution in [2.45, 2.75) is 30.7 Å². The number of nitrogens with one attached hydrogen (secondary N) is 1. The monoisotopic (exact) mass is 286 g/mol. The smallest absolute Gasteiger partial charge is 0.224 e. The second-order valence-electron chi connectivity index (χ2n) is 4.52. The number of carbonyl (C=O) groups excluding carboxylic acids is 1. The van der Waals surface area contributed by atoms with Crippen molar-refractivity contribution >= 4 is 21.4 Å². The number of hydrogen-bond donors (Lipinski definition) is 3. The van der Waals surface area contributed by atoms with E-state index in [2.05, 4.69) is 5.32 Å². The number of phenols is 1. The largest absolute Gasteiger partial charge is 0.506 e. The molecule has 0 saturated heterocycles. The van der Waals surface area contributed by atoms with Crippen molar-refractivity contribution in [3.63, 3.8) is 0 Å². The van der Waals surface area contributed by atoms with Crippen LogP contribution in [0.5, 0.6) is 5.75 Å². The molecular formula is C12H18N2O4S. The Bertz CT molecular complexity index is 567. The number of benzene rings is 1. The summed E-state index contributed by atoms with van der Waals surface area (Å²) in [7, 11) is -3.39. The van der Waals surface area contributed by atoms with Gasteiger partial charge in [-0.25, -0.2) is 8.42 Å². The molecule has 106 valence electrons. The van der Waals surface area contributed by atoms with Crippen molar-refractivity contribution in [1.82, 2.24) is 0 Å². The predicted molar refractivity (Wildman–Crippen MR) is 72.7 cm³/mol. The van der Waals surface area contributed by atoms with Crippen molar-refractivity contribution in [3.8, 4) is 5.75 Å². The van der Waals surface area contributed by atoms with Gasteiger partial charge in [0.05, 0.1) is 10.6 Å². The quantitative estimate of drug-likeness (QED) is 0.695. The van der Waals surface area contributed by atoms with Gasteiger partial charge in [-0.2, -0.15) is 0 Å². The third kappa shape index (κ3) is 4.88. The molecule has 0 radical (unpaired) electrons. The lowest BCUT2D eigenvalue weighted by atomic mass is 10.2. The SMILES string of the molecule is CC(N)CCC(=O)Nc1cc(S(C)(=O)=O)ccc1O. The Morgan fingerprint density at radius 3 is 2.63 bits per heavy atom. The second kappa shape index (κ2) is 6.03. The zero-order valence-electron chi connectivity index (χ0n) is 10.9. The third-order valence-electron chi connectivity index (χ3n) is 2.50. The van der Waals surface area contributed by atoms with Crippen molar-refractivity contribution < 1.29 is 18.3 Å². The Hall–Kier alpha value is -1.60. The summed E-state index contributed by atoms with van der Waals surface area (Å²) in [6, 6.07) is 3.65. The number of rotatable bonds is 5. The zero-order valence-corrected chi connectivity index (χ0v) is 11.7. The van der Waals surface area contributed by atoms with E-state index in [4.69, 9.17) is 5.73 Å². The first kappa shape index (κ1) is 15.5. The van der Waals surface area contributed by atoms with E-state index in [1.54, 1.807) is 6.92 Å². The maximum absolute atomic E-state index is 11.6. The Kier molecular flexibility index (Phi) is 4.90. The first-order chi connectivity index (χ1) is 8.70. The van der Waals surface area contributed by atoms with Crippen molar-refractivity contribution in [3.05, 3.63) is 18.2 Å². The average molecular weight is 286 g/mol. The third-order valence-corrected chi connectivity index (χ3v) is 3.61. The summed E-state index contributed by atoms with van der Waals surface area (Å²) in [4.78, 5) is 11.6. The molecule has 0 spiro atoms. The van der Waals surface area contributed by atoms with Crippen LogP contribution >= 0.6 is 0 Å². The van der Waals surface area contributed by atoms with Gasteiger partial charge in [-0.15, -0.1) is 0 Å². The summed E-state index contributed by atoms with van der Waals surface area (Å²) >= 11 is 0.